The molecule has 19 heavy (non-hydrogen) atoms. The standard InChI is InChI=1S/C12H10N4O3/c1-7(16-6-13-5-14-16)11-15-9-3-2-8(12(17)18)4-10(9)19-11/h2-7H,1H3,(H,17,18). The lowest BCUT2D eigenvalue weighted by Crippen LogP contribution is -2.07. The zero-order valence-corrected chi connectivity index (χ0v) is 10.0. The Morgan fingerprint density at radius 3 is 3.00 bits per heavy atom. The van der Waals surface area contributed by atoms with Crippen molar-refractivity contribution in [2.45, 2.75) is 13.0 Å². The van der Waals surface area contributed by atoms with Crippen molar-refractivity contribution in [3.05, 3.63) is 42.3 Å². The average molecular weight is 258 g/mol. The second kappa shape index (κ2) is 4.20. The molecule has 0 radical (unpaired) electrons. The van der Waals surface area contributed by atoms with E-state index < -0.39 is 5.97 Å². The number of hydrogen-bond acceptors (Lipinski definition) is 5. The van der Waals surface area contributed by atoms with E-state index >= 15 is 0 Å². The first kappa shape index (κ1) is 11.4. The number of nitrogens with zero attached hydrogens (tertiary/aromatic N) is 4. The fourth-order valence-electron chi connectivity index (χ4n) is 1.78. The van der Waals surface area contributed by atoms with Gasteiger partial charge in [-0.25, -0.2) is 19.4 Å². The van der Waals surface area contributed by atoms with Crippen LogP contribution in [0.15, 0.2) is 35.3 Å². The van der Waals surface area contributed by atoms with Gasteiger partial charge in [0.25, 0.3) is 0 Å². The molecule has 0 spiro atoms. The number of carboxylic acids is 1. The minimum atomic E-state index is -0.996. The predicted octanol–water partition coefficient (Wildman–Crippen LogP) is 1.73. The van der Waals surface area contributed by atoms with E-state index in [1.807, 2.05) is 6.92 Å². The number of rotatable bonds is 3. The van der Waals surface area contributed by atoms with Crippen molar-refractivity contribution in [2.24, 2.45) is 0 Å². The van der Waals surface area contributed by atoms with Crippen LogP contribution in [0.2, 0.25) is 0 Å². The van der Waals surface area contributed by atoms with Crippen molar-refractivity contribution in [3.63, 3.8) is 0 Å². The van der Waals surface area contributed by atoms with Crippen molar-refractivity contribution in [3.8, 4) is 0 Å². The predicted molar refractivity (Wildman–Crippen MR) is 64.8 cm³/mol. The molecule has 0 aliphatic carbocycles. The van der Waals surface area contributed by atoms with Gasteiger partial charge in [0.05, 0.1) is 5.56 Å². The Bertz CT molecular complexity index is 733. The molecule has 1 aromatic carbocycles. The number of fused-ring (bicyclic) bond motifs is 1. The molecular weight excluding hydrogens is 248 g/mol. The lowest BCUT2D eigenvalue weighted by atomic mass is 10.2. The molecule has 2 aromatic heterocycles. The topological polar surface area (TPSA) is 94.0 Å². The highest BCUT2D eigenvalue weighted by molar-refractivity contribution is 5.91. The molecule has 0 aliphatic heterocycles. The Morgan fingerprint density at radius 1 is 1.47 bits per heavy atom. The van der Waals surface area contributed by atoms with Crippen molar-refractivity contribution in [1.82, 2.24) is 19.7 Å². The normalized spacial score (nSPS) is 12.7. The van der Waals surface area contributed by atoms with Crippen LogP contribution >= 0.6 is 0 Å². The summed E-state index contributed by atoms with van der Waals surface area (Å²) in [7, 11) is 0. The fourth-order valence-corrected chi connectivity index (χ4v) is 1.78. The van der Waals surface area contributed by atoms with Crippen molar-refractivity contribution < 1.29 is 14.3 Å². The molecule has 1 N–H and O–H groups in total. The van der Waals surface area contributed by atoms with E-state index in [4.69, 9.17) is 9.52 Å². The van der Waals surface area contributed by atoms with Crippen LogP contribution in [0.3, 0.4) is 0 Å². The Balaban J connectivity index is 2.04. The van der Waals surface area contributed by atoms with E-state index in [0.29, 0.717) is 17.0 Å². The number of aromatic nitrogens is 4. The minimum absolute atomic E-state index is 0.170. The van der Waals surface area contributed by atoms with Gasteiger partial charge in [-0.1, -0.05) is 0 Å². The molecular formula is C12H10N4O3. The highest BCUT2D eigenvalue weighted by Gasteiger charge is 2.16. The zero-order chi connectivity index (χ0) is 13.4. The summed E-state index contributed by atoms with van der Waals surface area (Å²) in [5.74, 6) is -0.535. The number of carbonyl (C=O) groups is 1. The highest BCUT2D eigenvalue weighted by Crippen LogP contribution is 2.23. The van der Waals surface area contributed by atoms with Gasteiger partial charge in [0.2, 0.25) is 5.89 Å². The maximum absolute atomic E-state index is 10.9. The van der Waals surface area contributed by atoms with Gasteiger partial charge in [0, 0.05) is 0 Å². The number of carboxylic acid groups (broad SMARTS) is 1. The molecule has 0 bridgehead atoms. The van der Waals surface area contributed by atoms with Gasteiger partial charge in [-0.3, -0.25) is 0 Å². The van der Waals surface area contributed by atoms with Gasteiger partial charge >= 0.3 is 5.97 Å². The smallest absolute Gasteiger partial charge is 0.335 e. The lowest BCUT2D eigenvalue weighted by molar-refractivity contribution is 0.0697. The number of oxazole rings is 1. The molecule has 0 amide bonds. The Kier molecular flexibility index (Phi) is 2.52. The molecule has 3 rings (SSSR count). The Hall–Kier alpha value is -2.70. The van der Waals surface area contributed by atoms with Crippen LogP contribution in [0.4, 0.5) is 0 Å². The second-order valence-electron chi connectivity index (χ2n) is 4.09. The quantitative estimate of drug-likeness (QED) is 0.768. The van der Waals surface area contributed by atoms with Gasteiger partial charge in [0.15, 0.2) is 5.58 Å². The van der Waals surface area contributed by atoms with Crippen molar-refractivity contribution in [2.75, 3.05) is 0 Å². The van der Waals surface area contributed by atoms with Gasteiger partial charge < -0.3 is 9.52 Å². The third-order valence-electron chi connectivity index (χ3n) is 2.84. The van der Waals surface area contributed by atoms with E-state index in [9.17, 15) is 4.79 Å². The summed E-state index contributed by atoms with van der Waals surface area (Å²) in [6.07, 6.45) is 3.00. The van der Waals surface area contributed by atoms with Crippen LogP contribution in [0.25, 0.3) is 11.1 Å². The number of benzene rings is 1. The van der Waals surface area contributed by atoms with Gasteiger partial charge in [-0.2, -0.15) is 5.10 Å². The molecule has 0 saturated carbocycles. The summed E-state index contributed by atoms with van der Waals surface area (Å²) in [5, 5.41) is 12.9. The van der Waals surface area contributed by atoms with E-state index in [1.54, 1.807) is 17.1 Å². The molecule has 0 aliphatic rings. The van der Waals surface area contributed by atoms with Crippen LogP contribution in [0.5, 0.6) is 0 Å². The van der Waals surface area contributed by atoms with Crippen LogP contribution < -0.4 is 0 Å². The average Bonchev–Trinajstić information content (AvgIpc) is 3.06. The van der Waals surface area contributed by atoms with Crippen LogP contribution in [0, 0.1) is 0 Å². The van der Waals surface area contributed by atoms with E-state index in [0.717, 1.165) is 0 Å². The largest absolute Gasteiger partial charge is 0.478 e. The molecule has 0 saturated heterocycles. The summed E-state index contributed by atoms with van der Waals surface area (Å²) in [6, 6.07) is 4.38. The SMILES string of the molecule is CC(c1nc2ccc(C(=O)O)cc2o1)n1cncn1. The van der Waals surface area contributed by atoms with Gasteiger partial charge in [-0.15, -0.1) is 0 Å². The first-order valence-corrected chi connectivity index (χ1v) is 5.63. The summed E-state index contributed by atoms with van der Waals surface area (Å²) >= 11 is 0. The van der Waals surface area contributed by atoms with E-state index in [-0.39, 0.29) is 11.6 Å². The summed E-state index contributed by atoms with van der Waals surface area (Å²) < 4.78 is 7.20. The zero-order valence-electron chi connectivity index (χ0n) is 10.0. The first-order valence-electron chi connectivity index (χ1n) is 5.63. The monoisotopic (exact) mass is 258 g/mol. The minimum Gasteiger partial charge on any atom is -0.478 e. The second-order valence-corrected chi connectivity index (χ2v) is 4.09. The number of aromatic carboxylic acids is 1. The molecule has 96 valence electrons. The van der Waals surface area contributed by atoms with E-state index in [1.165, 1.54) is 18.5 Å². The van der Waals surface area contributed by atoms with Crippen LogP contribution in [-0.2, 0) is 0 Å². The molecule has 2 heterocycles. The Morgan fingerprint density at radius 2 is 2.32 bits per heavy atom. The first-order chi connectivity index (χ1) is 9.15. The summed E-state index contributed by atoms with van der Waals surface area (Å²) in [4.78, 5) is 19.1. The molecule has 1 unspecified atom stereocenters. The summed E-state index contributed by atoms with van der Waals surface area (Å²) in [5.41, 5.74) is 1.23. The third kappa shape index (κ3) is 1.95. The maximum Gasteiger partial charge on any atom is 0.335 e. The van der Waals surface area contributed by atoms with Crippen LogP contribution in [-0.4, -0.2) is 30.8 Å². The summed E-state index contributed by atoms with van der Waals surface area (Å²) in [6.45, 7) is 1.87. The van der Waals surface area contributed by atoms with Crippen molar-refractivity contribution >= 4 is 17.1 Å². The highest BCUT2D eigenvalue weighted by atomic mass is 16.4. The fraction of sp³-hybridized carbons (Fsp3) is 0.167. The lowest BCUT2D eigenvalue weighted by Gasteiger charge is -2.05. The number of hydrogen-bond donors (Lipinski definition) is 1. The molecule has 1 atom stereocenters. The molecule has 3 aromatic rings. The van der Waals surface area contributed by atoms with Crippen LogP contribution in [0.1, 0.15) is 29.2 Å². The maximum atomic E-state index is 10.9. The Labute approximate surface area is 107 Å². The third-order valence-corrected chi connectivity index (χ3v) is 2.84. The molecule has 0 fully saturated rings. The van der Waals surface area contributed by atoms with E-state index in [2.05, 4.69) is 15.1 Å². The van der Waals surface area contributed by atoms with Gasteiger partial charge in [-0.05, 0) is 25.1 Å². The van der Waals surface area contributed by atoms with Gasteiger partial charge in [0.1, 0.15) is 24.2 Å². The van der Waals surface area contributed by atoms with Crippen molar-refractivity contribution in [1.29, 1.82) is 0 Å². The molecule has 7 nitrogen and oxygen atoms in total. The molecule has 7 heteroatoms.